The van der Waals surface area contributed by atoms with Crippen molar-refractivity contribution in [3.05, 3.63) is 163 Å². The minimum absolute atomic E-state index is 0. The molecule has 39 heavy (non-hydrogen) atoms. The van der Waals surface area contributed by atoms with Gasteiger partial charge in [-0.3, -0.25) is 4.79 Å². The van der Waals surface area contributed by atoms with E-state index in [9.17, 15) is 9.90 Å². The zero-order chi connectivity index (χ0) is 26.4. The maximum atomic E-state index is 14.2. The summed E-state index contributed by atoms with van der Waals surface area (Å²) in [4.78, 5) is 14.2. The largest absolute Gasteiger partial charge is 1.00 e. The van der Waals surface area contributed by atoms with Crippen molar-refractivity contribution >= 4 is 29.0 Å². The molecule has 0 spiro atoms. The molecule has 0 saturated carbocycles. The summed E-state index contributed by atoms with van der Waals surface area (Å²) < 4.78 is 0. The van der Waals surface area contributed by atoms with Gasteiger partial charge in [0.15, 0.2) is 11.4 Å². The van der Waals surface area contributed by atoms with Crippen LogP contribution < -0.4 is 32.9 Å². The van der Waals surface area contributed by atoms with Crippen LogP contribution in [0.2, 0.25) is 0 Å². The molecule has 5 aromatic carbocycles. The number of halogens is 1. The van der Waals surface area contributed by atoms with E-state index in [4.69, 9.17) is 0 Å². The minimum Gasteiger partial charge on any atom is -1.00 e. The molecule has 1 N–H and O–H groups in total. The Bertz CT molecular complexity index is 1370. The third kappa shape index (κ3) is 5.54. The first-order chi connectivity index (χ1) is 18.6. The Kier molecular flexibility index (Phi) is 9.30. The van der Waals surface area contributed by atoms with Crippen molar-refractivity contribution in [1.82, 2.24) is 0 Å². The van der Waals surface area contributed by atoms with Gasteiger partial charge in [0.2, 0.25) is 0 Å². The molecule has 0 bridgehead atoms. The van der Waals surface area contributed by atoms with Crippen LogP contribution in [0.3, 0.4) is 0 Å². The van der Waals surface area contributed by atoms with Gasteiger partial charge in [-0.25, -0.2) is 0 Å². The summed E-state index contributed by atoms with van der Waals surface area (Å²) in [5.74, 6) is -0.671. The average molecular weight is 596 g/mol. The fourth-order valence-corrected chi connectivity index (χ4v) is 10.2. The number of hydrogen-bond acceptors (Lipinski definition) is 2. The van der Waals surface area contributed by atoms with Gasteiger partial charge in [-0.15, -0.1) is 0 Å². The van der Waals surface area contributed by atoms with Crippen LogP contribution in [0, 0.1) is 5.92 Å². The summed E-state index contributed by atoms with van der Waals surface area (Å²) in [5.41, 5.74) is -0.575. The molecule has 0 saturated heterocycles. The third-order valence-corrected chi connectivity index (χ3v) is 12.1. The van der Waals surface area contributed by atoms with Gasteiger partial charge >= 0.3 is 0 Å². The Morgan fingerprint density at radius 2 is 0.949 bits per heavy atom. The first-order valence-electron chi connectivity index (χ1n) is 13.0. The first kappa shape index (κ1) is 28.6. The van der Waals surface area contributed by atoms with Gasteiger partial charge in [-0.05, 0) is 42.0 Å². The van der Waals surface area contributed by atoms with Crippen LogP contribution in [0.5, 0.6) is 0 Å². The highest BCUT2D eigenvalue weighted by Crippen LogP contribution is 2.58. The van der Waals surface area contributed by atoms with Crippen molar-refractivity contribution in [3.63, 3.8) is 0 Å². The van der Waals surface area contributed by atoms with Crippen LogP contribution in [-0.4, -0.2) is 17.1 Å². The van der Waals surface area contributed by atoms with Crippen molar-refractivity contribution in [2.75, 3.05) is 6.16 Å². The molecule has 0 aliphatic carbocycles. The molecule has 2 unspecified atom stereocenters. The smallest absolute Gasteiger partial charge is 0.199 e. The van der Waals surface area contributed by atoms with Crippen LogP contribution in [0.4, 0.5) is 0 Å². The normalized spacial score (nSPS) is 13.5. The van der Waals surface area contributed by atoms with Gasteiger partial charge in [0.25, 0.3) is 0 Å². The molecule has 196 valence electrons. The molecule has 0 aliphatic heterocycles. The van der Waals surface area contributed by atoms with Crippen LogP contribution in [-0.2, 0) is 5.60 Å². The Morgan fingerprint density at radius 1 is 0.615 bits per heavy atom. The lowest BCUT2D eigenvalue weighted by molar-refractivity contribution is -0.0000235. The summed E-state index contributed by atoms with van der Waals surface area (Å²) in [7, 11) is -2.27. The van der Waals surface area contributed by atoms with Crippen LogP contribution in [0.1, 0.15) is 22.8 Å². The van der Waals surface area contributed by atoms with E-state index >= 15 is 0 Å². The fourth-order valence-electron chi connectivity index (χ4n) is 5.49. The van der Waals surface area contributed by atoms with E-state index in [0.29, 0.717) is 17.3 Å². The van der Waals surface area contributed by atoms with E-state index in [-0.39, 0.29) is 22.8 Å². The average Bonchev–Trinajstić information content (AvgIpc) is 3.01. The summed E-state index contributed by atoms with van der Waals surface area (Å²) >= 11 is 0. The van der Waals surface area contributed by atoms with Gasteiger partial charge < -0.3 is 22.1 Å². The van der Waals surface area contributed by atoms with Gasteiger partial charge in [0.05, 0.1) is 6.16 Å². The number of carbonyl (C=O) groups excluding carboxylic acids is 1. The second kappa shape index (κ2) is 12.7. The first-order valence-corrected chi connectivity index (χ1v) is 15.0. The van der Waals surface area contributed by atoms with E-state index in [1.54, 1.807) is 12.1 Å². The lowest BCUT2D eigenvalue weighted by Crippen LogP contribution is -3.00. The molecule has 2 atom stereocenters. The molecule has 0 aliphatic rings. The standard InChI is InChI=1S/C35H32O2P.BrH/c1-28(35(37,30-19-9-3-10-20-30)34(36)29-17-7-2-8-18-29)27-38(31-21-11-4-12-22-31,32-23-13-5-14-24-32)33-25-15-6-16-26-33;/h2-26,28,37H,27H2,1H3;1H/q+1;/p-1. The summed E-state index contributed by atoms with van der Waals surface area (Å²) in [6.07, 6.45) is 0.620. The van der Waals surface area contributed by atoms with Gasteiger partial charge in [0, 0.05) is 11.5 Å². The van der Waals surface area contributed by atoms with E-state index in [2.05, 4.69) is 72.8 Å². The number of benzene rings is 5. The van der Waals surface area contributed by atoms with Crippen molar-refractivity contribution < 1.29 is 26.9 Å². The third-order valence-electron chi connectivity index (χ3n) is 7.45. The Balaban J connectivity index is 0.00000353. The molecule has 0 fully saturated rings. The van der Waals surface area contributed by atoms with Crippen molar-refractivity contribution in [2.45, 2.75) is 12.5 Å². The maximum Gasteiger partial charge on any atom is 0.199 e. The van der Waals surface area contributed by atoms with Crippen molar-refractivity contribution in [2.24, 2.45) is 5.92 Å². The highest BCUT2D eigenvalue weighted by atomic mass is 79.9. The van der Waals surface area contributed by atoms with Crippen LogP contribution in [0.25, 0.3) is 0 Å². The number of ketones is 1. The number of aliphatic hydroxyl groups is 1. The number of rotatable bonds is 9. The summed E-state index contributed by atoms with van der Waals surface area (Å²) in [5, 5.41) is 16.2. The number of hydrogen-bond donors (Lipinski definition) is 1. The molecular weight excluding hydrogens is 563 g/mol. The topological polar surface area (TPSA) is 37.3 Å². The molecular formula is C35H32BrO2P. The number of Topliss-reactive ketones (excluding diaryl/α,β-unsaturated/α-hetero) is 1. The van der Waals surface area contributed by atoms with Gasteiger partial charge in [-0.1, -0.05) is 122 Å². The molecule has 4 heteroatoms. The molecule has 2 nitrogen and oxygen atoms in total. The van der Waals surface area contributed by atoms with E-state index < -0.39 is 18.8 Å². The Labute approximate surface area is 242 Å². The van der Waals surface area contributed by atoms with E-state index in [0.717, 1.165) is 0 Å². The fraction of sp³-hybridized carbons (Fsp3) is 0.114. The molecule has 5 aromatic rings. The van der Waals surface area contributed by atoms with E-state index in [1.165, 1.54) is 15.9 Å². The predicted octanol–water partition coefficient (Wildman–Crippen LogP) is 3.39. The van der Waals surface area contributed by atoms with Gasteiger partial charge in [0.1, 0.15) is 23.2 Å². The van der Waals surface area contributed by atoms with Crippen molar-refractivity contribution in [3.8, 4) is 0 Å². The second-order valence-corrected chi connectivity index (χ2v) is 13.3. The Hall–Kier alpha value is -3.36. The molecule has 0 radical (unpaired) electrons. The van der Waals surface area contributed by atoms with Crippen LogP contribution >= 0.6 is 7.26 Å². The zero-order valence-electron chi connectivity index (χ0n) is 21.9. The van der Waals surface area contributed by atoms with E-state index in [1.807, 2.05) is 73.7 Å². The Morgan fingerprint density at radius 3 is 1.33 bits per heavy atom. The van der Waals surface area contributed by atoms with Crippen LogP contribution in [0.15, 0.2) is 152 Å². The number of carbonyl (C=O) groups is 1. The summed E-state index contributed by atoms with van der Waals surface area (Å²) in [6.45, 7) is 2.03. The molecule has 0 amide bonds. The van der Waals surface area contributed by atoms with Crippen molar-refractivity contribution in [1.29, 1.82) is 0 Å². The lowest BCUT2D eigenvalue weighted by Gasteiger charge is -2.37. The quantitative estimate of drug-likeness (QED) is 0.210. The monoisotopic (exact) mass is 594 g/mol. The molecule has 5 rings (SSSR count). The lowest BCUT2D eigenvalue weighted by atomic mass is 9.77. The zero-order valence-corrected chi connectivity index (χ0v) is 24.4. The molecule has 0 heterocycles. The maximum absolute atomic E-state index is 14.2. The minimum atomic E-state index is -2.27. The highest BCUT2D eigenvalue weighted by molar-refractivity contribution is 7.95. The molecule has 0 aromatic heterocycles. The summed E-state index contributed by atoms with van der Waals surface area (Å²) in [6, 6.07) is 50.4. The predicted molar refractivity (Wildman–Crippen MR) is 160 cm³/mol. The second-order valence-electron chi connectivity index (χ2n) is 9.73. The SMILES string of the molecule is CC(C[P+](c1ccccc1)(c1ccccc1)c1ccccc1)C(O)(C(=O)c1ccccc1)c1ccccc1.[Br-]. The van der Waals surface area contributed by atoms with Gasteiger partial charge in [-0.2, -0.15) is 0 Å². The highest BCUT2D eigenvalue weighted by Gasteiger charge is 2.53.